The van der Waals surface area contributed by atoms with Crippen LogP contribution >= 0.6 is 0 Å². The van der Waals surface area contributed by atoms with Crippen molar-refractivity contribution in [3.8, 4) is 0 Å². The van der Waals surface area contributed by atoms with Gasteiger partial charge < -0.3 is 16.4 Å². The molecule has 0 aliphatic rings. The Labute approximate surface area is 133 Å². The second-order valence-corrected chi connectivity index (χ2v) is 5.14. The third-order valence-corrected chi connectivity index (χ3v) is 3.28. The highest BCUT2D eigenvalue weighted by atomic mass is 16.2. The van der Waals surface area contributed by atoms with Gasteiger partial charge in [-0.25, -0.2) is 0 Å². The molecule has 0 atom stereocenters. The molecular weight excluding hydrogens is 294 g/mol. The van der Waals surface area contributed by atoms with Crippen molar-refractivity contribution in [2.75, 3.05) is 10.6 Å². The second kappa shape index (κ2) is 6.74. The molecule has 0 saturated carbocycles. The largest absolute Gasteiger partial charge is 0.366 e. The highest BCUT2D eigenvalue weighted by Crippen LogP contribution is 2.17. The Balaban J connectivity index is 2.12. The van der Waals surface area contributed by atoms with Gasteiger partial charge in [-0.15, -0.1) is 0 Å². The summed E-state index contributed by atoms with van der Waals surface area (Å²) in [7, 11) is 0. The first-order valence-electron chi connectivity index (χ1n) is 6.97. The summed E-state index contributed by atoms with van der Waals surface area (Å²) in [6, 6.07) is 11.7. The van der Waals surface area contributed by atoms with Crippen molar-refractivity contribution < 1.29 is 14.4 Å². The predicted octanol–water partition coefficient (Wildman–Crippen LogP) is 1.98. The van der Waals surface area contributed by atoms with Crippen molar-refractivity contribution >= 4 is 29.1 Å². The summed E-state index contributed by atoms with van der Waals surface area (Å²) >= 11 is 0. The number of rotatable bonds is 3. The van der Waals surface area contributed by atoms with Crippen molar-refractivity contribution in [1.82, 2.24) is 0 Å². The lowest BCUT2D eigenvalue weighted by atomic mass is 10.1. The summed E-state index contributed by atoms with van der Waals surface area (Å²) in [4.78, 5) is 35.3. The third kappa shape index (κ3) is 3.94. The van der Waals surface area contributed by atoms with Crippen molar-refractivity contribution in [3.05, 3.63) is 59.2 Å². The van der Waals surface area contributed by atoms with Crippen LogP contribution in [0.2, 0.25) is 0 Å². The van der Waals surface area contributed by atoms with Gasteiger partial charge in [0.05, 0.1) is 11.3 Å². The molecule has 0 heterocycles. The molecule has 0 bridgehead atoms. The minimum atomic E-state index is -0.876. The molecule has 0 fully saturated rings. The van der Waals surface area contributed by atoms with Crippen LogP contribution in [0.5, 0.6) is 0 Å². The topological polar surface area (TPSA) is 101 Å². The molecular formula is C17H17N3O3. The van der Waals surface area contributed by atoms with Crippen LogP contribution in [0.1, 0.15) is 21.5 Å². The normalized spacial score (nSPS) is 10.0. The number of para-hydroxylation sites is 1. The first kappa shape index (κ1) is 16.2. The van der Waals surface area contributed by atoms with Crippen molar-refractivity contribution in [2.24, 2.45) is 5.73 Å². The molecule has 2 rings (SSSR count). The van der Waals surface area contributed by atoms with E-state index in [1.54, 1.807) is 18.2 Å². The highest BCUT2D eigenvalue weighted by Gasteiger charge is 2.17. The van der Waals surface area contributed by atoms with Gasteiger partial charge >= 0.3 is 11.8 Å². The second-order valence-electron chi connectivity index (χ2n) is 5.14. The van der Waals surface area contributed by atoms with E-state index >= 15 is 0 Å². The van der Waals surface area contributed by atoms with E-state index in [2.05, 4.69) is 10.6 Å². The predicted molar refractivity (Wildman–Crippen MR) is 88.1 cm³/mol. The minimum Gasteiger partial charge on any atom is -0.366 e. The number of amides is 3. The maximum atomic E-state index is 12.0. The van der Waals surface area contributed by atoms with E-state index in [0.29, 0.717) is 5.69 Å². The van der Waals surface area contributed by atoms with Gasteiger partial charge in [0.1, 0.15) is 0 Å². The van der Waals surface area contributed by atoms with E-state index in [-0.39, 0.29) is 11.3 Å². The monoisotopic (exact) mass is 311 g/mol. The minimum absolute atomic E-state index is 0.139. The maximum Gasteiger partial charge on any atom is 0.314 e. The van der Waals surface area contributed by atoms with Crippen LogP contribution in [0.3, 0.4) is 0 Å². The molecule has 6 heteroatoms. The molecule has 0 aliphatic heterocycles. The average molecular weight is 311 g/mol. The molecule has 0 aromatic heterocycles. The van der Waals surface area contributed by atoms with Gasteiger partial charge in [0.25, 0.3) is 5.91 Å². The van der Waals surface area contributed by atoms with Gasteiger partial charge in [-0.3, -0.25) is 14.4 Å². The molecule has 2 aromatic rings. The zero-order valence-corrected chi connectivity index (χ0v) is 12.8. The number of primary amides is 1. The molecule has 23 heavy (non-hydrogen) atoms. The lowest BCUT2D eigenvalue weighted by molar-refractivity contribution is -0.133. The smallest absolute Gasteiger partial charge is 0.314 e. The Morgan fingerprint density at radius 3 is 2.09 bits per heavy atom. The van der Waals surface area contributed by atoms with Crippen LogP contribution in [-0.4, -0.2) is 17.7 Å². The van der Waals surface area contributed by atoms with Crippen LogP contribution in [0.15, 0.2) is 42.5 Å². The molecule has 0 aliphatic carbocycles. The average Bonchev–Trinajstić information content (AvgIpc) is 2.50. The van der Waals surface area contributed by atoms with E-state index in [0.717, 1.165) is 11.1 Å². The Hall–Kier alpha value is -3.15. The van der Waals surface area contributed by atoms with Gasteiger partial charge in [0, 0.05) is 5.69 Å². The SMILES string of the molecule is Cc1ccc(NC(=O)C(=O)Nc2ccccc2C(N)=O)c(C)c1. The van der Waals surface area contributed by atoms with Crippen LogP contribution < -0.4 is 16.4 Å². The van der Waals surface area contributed by atoms with Gasteiger partial charge in [-0.05, 0) is 37.6 Å². The Kier molecular flexibility index (Phi) is 4.75. The zero-order chi connectivity index (χ0) is 17.0. The lowest BCUT2D eigenvalue weighted by Crippen LogP contribution is -2.30. The first-order valence-corrected chi connectivity index (χ1v) is 6.97. The molecule has 3 amide bonds. The maximum absolute atomic E-state index is 12.0. The lowest BCUT2D eigenvalue weighted by Gasteiger charge is -2.11. The molecule has 4 N–H and O–H groups in total. The number of carbonyl (C=O) groups excluding carboxylic acids is 3. The molecule has 2 aromatic carbocycles. The van der Waals surface area contributed by atoms with Gasteiger partial charge in [0.2, 0.25) is 0 Å². The van der Waals surface area contributed by atoms with E-state index < -0.39 is 17.7 Å². The van der Waals surface area contributed by atoms with E-state index in [1.807, 2.05) is 26.0 Å². The van der Waals surface area contributed by atoms with Gasteiger partial charge in [0.15, 0.2) is 0 Å². The Bertz CT molecular complexity index is 784. The Morgan fingerprint density at radius 1 is 0.870 bits per heavy atom. The highest BCUT2D eigenvalue weighted by molar-refractivity contribution is 6.44. The number of aryl methyl sites for hydroxylation is 2. The molecule has 0 unspecified atom stereocenters. The first-order chi connectivity index (χ1) is 10.9. The number of nitrogens with two attached hydrogens (primary N) is 1. The van der Waals surface area contributed by atoms with E-state index in [1.165, 1.54) is 12.1 Å². The summed E-state index contributed by atoms with van der Waals surface area (Å²) < 4.78 is 0. The van der Waals surface area contributed by atoms with Crippen LogP contribution in [0, 0.1) is 13.8 Å². The molecule has 6 nitrogen and oxygen atoms in total. The fourth-order valence-corrected chi connectivity index (χ4v) is 2.12. The Morgan fingerprint density at radius 2 is 1.48 bits per heavy atom. The zero-order valence-electron chi connectivity index (χ0n) is 12.8. The number of anilines is 2. The van der Waals surface area contributed by atoms with Crippen LogP contribution in [0.4, 0.5) is 11.4 Å². The fraction of sp³-hybridized carbons (Fsp3) is 0.118. The number of hydrogen-bond donors (Lipinski definition) is 3. The quantitative estimate of drug-likeness (QED) is 0.755. The summed E-state index contributed by atoms with van der Waals surface area (Å²) in [5.41, 5.74) is 8.03. The summed E-state index contributed by atoms with van der Waals surface area (Å²) in [5.74, 6) is -2.38. The van der Waals surface area contributed by atoms with Crippen LogP contribution in [0.25, 0.3) is 0 Å². The third-order valence-electron chi connectivity index (χ3n) is 3.28. The number of carbonyl (C=O) groups is 3. The molecule has 118 valence electrons. The van der Waals surface area contributed by atoms with Crippen molar-refractivity contribution in [1.29, 1.82) is 0 Å². The van der Waals surface area contributed by atoms with E-state index in [4.69, 9.17) is 5.73 Å². The number of nitrogens with one attached hydrogen (secondary N) is 2. The van der Waals surface area contributed by atoms with E-state index in [9.17, 15) is 14.4 Å². The molecule has 0 spiro atoms. The number of benzene rings is 2. The standard InChI is InChI=1S/C17H17N3O3/c1-10-7-8-13(11(2)9-10)19-16(22)17(23)20-14-6-4-3-5-12(14)15(18)21/h3-9H,1-2H3,(H2,18,21)(H,19,22)(H,20,23). The molecule has 0 radical (unpaired) electrons. The van der Waals surface area contributed by atoms with Gasteiger partial charge in [-0.2, -0.15) is 0 Å². The summed E-state index contributed by atoms with van der Waals surface area (Å²) in [6.07, 6.45) is 0. The summed E-state index contributed by atoms with van der Waals surface area (Å²) in [6.45, 7) is 3.77. The van der Waals surface area contributed by atoms with Crippen molar-refractivity contribution in [2.45, 2.75) is 13.8 Å². The summed E-state index contributed by atoms with van der Waals surface area (Å²) in [5, 5.41) is 4.93. The fourth-order valence-electron chi connectivity index (χ4n) is 2.12. The molecule has 0 saturated heterocycles. The van der Waals surface area contributed by atoms with Crippen molar-refractivity contribution in [3.63, 3.8) is 0 Å². The van der Waals surface area contributed by atoms with Crippen LogP contribution in [-0.2, 0) is 9.59 Å². The van der Waals surface area contributed by atoms with Gasteiger partial charge in [-0.1, -0.05) is 29.8 Å². The number of hydrogen-bond acceptors (Lipinski definition) is 3.